The number of nitrogens with zero attached hydrogens (tertiary/aromatic N) is 1. The van der Waals surface area contributed by atoms with Crippen molar-refractivity contribution in [2.24, 2.45) is 11.8 Å². The number of ether oxygens (including phenoxy) is 2. The molecule has 106 valence electrons. The Morgan fingerprint density at radius 3 is 2.84 bits per heavy atom. The van der Waals surface area contributed by atoms with E-state index < -0.39 is 0 Å². The Morgan fingerprint density at radius 1 is 1.47 bits per heavy atom. The summed E-state index contributed by atoms with van der Waals surface area (Å²) in [5.41, 5.74) is 3.93. The lowest BCUT2D eigenvalue weighted by molar-refractivity contribution is 0.117. The Hall–Kier alpha value is -1.17. The van der Waals surface area contributed by atoms with Crippen LogP contribution in [-0.2, 0) is 4.74 Å². The van der Waals surface area contributed by atoms with Crippen LogP contribution >= 0.6 is 0 Å². The topological polar surface area (TPSA) is 69.4 Å². The zero-order valence-electron chi connectivity index (χ0n) is 11.8. The first-order chi connectivity index (χ1) is 9.10. The van der Waals surface area contributed by atoms with E-state index in [9.17, 15) is 0 Å². The molecule has 1 aromatic heterocycles. The molecule has 5 nitrogen and oxygen atoms in total. The largest absolute Gasteiger partial charge is 0.489 e. The van der Waals surface area contributed by atoms with Crippen LogP contribution in [0.1, 0.15) is 38.8 Å². The number of hydrogen-bond acceptors (Lipinski definition) is 5. The third-order valence-corrected chi connectivity index (χ3v) is 3.35. The Labute approximate surface area is 114 Å². The van der Waals surface area contributed by atoms with E-state index in [1.807, 2.05) is 26.1 Å². The lowest BCUT2D eigenvalue weighted by atomic mass is 9.92. The van der Waals surface area contributed by atoms with Gasteiger partial charge in [0.25, 0.3) is 0 Å². The van der Waals surface area contributed by atoms with Gasteiger partial charge in [-0.05, 0) is 38.8 Å². The lowest BCUT2D eigenvalue weighted by Gasteiger charge is -2.22. The molecule has 1 aliphatic heterocycles. The van der Waals surface area contributed by atoms with Crippen molar-refractivity contribution in [2.45, 2.75) is 45.4 Å². The van der Waals surface area contributed by atoms with E-state index in [2.05, 4.69) is 17.3 Å². The summed E-state index contributed by atoms with van der Waals surface area (Å²) in [7, 11) is 0. The normalized spacial score (nSPS) is 24.7. The molecule has 1 aromatic rings. The molecule has 0 radical (unpaired) electrons. The van der Waals surface area contributed by atoms with E-state index in [1.54, 1.807) is 6.20 Å². The van der Waals surface area contributed by atoms with Crippen molar-refractivity contribution in [3.8, 4) is 5.75 Å². The van der Waals surface area contributed by atoms with Crippen LogP contribution in [-0.4, -0.2) is 23.8 Å². The van der Waals surface area contributed by atoms with Crippen molar-refractivity contribution >= 4 is 0 Å². The minimum absolute atomic E-state index is 0.0492. The Morgan fingerprint density at radius 2 is 2.26 bits per heavy atom. The number of rotatable bonds is 5. The smallest absolute Gasteiger partial charge is 0.138 e. The van der Waals surface area contributed by atoms with Gasteiger partial charge in [-0.2, -0.15) is 0 Å². The standard InChI is InChI=1S/C14H23N3O2/c1-9(2)19-13-5-11(6-16-7-13)14(17-15)12-4-10(3)18-8-12/h5-7,9-10,12,14,17H,4,8,15H2,1-3H3. The van der Waals surface area contributed by atoms with Gasteiger partial charge in [0.2, 0.25) is 0 Å². The highest BCUT2D eigenvalue weighted by Gasteiger charge is 2.30. The average molecular weight is 265 g/mol. The van der Waals surface area contributed by atoms with E-state index in [0.29, 0.717) is 12.0 Å². The molecule has 3 atom stereocenters. The van der Waals surface area contributed by atoms with Crippen LogP contribution in [0.4, 0.5) is 0 Å². The molecular formula is C14H23N3O2. The van der Waals surface area contributed by atoms with E-state index >= 15 is 0 Å². The molecule has 0 bridgehead atoms. The second-order valence-corrected chi connectivity index (χ2v) is 5.40. The van der Waals surface area contributed by atoms with Crippen molar-refractivity contribution in [3.05, 3.63) is 24.0 Å². The number of pyridine rings is 1. The molecule has 0 aromatic carbocycles. The fourth-order valence-corrected chi connectivity index (χ4v) is 2.53. The molecule has 19 heavy (non-hydrogen) atoms. The van der Waals surface area contributed by atoms with Crippen molar-refractivity contribution in [2.75, 3.05) is 6.61 Å². The maximum Gasteiger partial charge on any atom is 0.138 e. The molecule has 1 aliphatic rings. The van der Waals surface area contributed by atoms with E-state index in [1.165, 1.54) is 0 Å². The van der Waals surface area contributed by atoms with Gasteiger partial charge in [-0.3, -0.25) is 16.3 Å². The Kier molecular flexibility index (Phi) is 4.74. The van der Waals surface area contributed by atoms with E-state index in [4.69, 9.17) is 15.3 Å². The summed E-state index contributed by atoms with van der Waals surface area (Å²) in [5, 5.41) is 0. The number of nitrogens with one attached hydrogen (secondary N) is 1. The minimum Gasteiger partial charge on any atom is -0.489 e. The van der Waals surface area contributed by atoms with Crippen LogP contribution in [0.2, 0.25) is 0 Å². The van der Waals surface area contributed by atoms with Gasteiger partial charge in [-0.15, -0.1) is 0 Å². The molecule has 1 fully saturated rings. The SMILES string of the molecule is CC(C)Oc1cncc(C(NN)C2COC(C)C2)c1. The van der Waals surface area contributed by atoms with Crippen LogP contribution in [0.15, 0.2) is 18.5 Å². The van der Waals surface area contributed by atoms with Crippen LogP contribution in [0.5, 0.6) is 5.75 Å². The molecule has 0 saturated carbocycles. The molecule has 3 unspecified atom stereocenters. The highest BCUT2D eigenvalue weighted by atomic mass is 16.5. The summed E-state index contributed by atoms with van der Waals surface area (Å²) in [5.74, 6) is 6.86. The summed E-state index contributed by atoms with van der Waals surface area (Å²) in [4.78, 5) is 4.24. The van der Waals surface area contributed by atoms with Crippen LogP contribution < -0.4 is 16.0 Å². The second-order valence-electron chi connectivity index (χ2n) is 5.40. The molecule has 3 N–H and O–H groups in total. The van der Waals surface area contributed by atoms with Crippen LogP contribution in [0, 0.1) is 5.92 Å². The Balaban J connectivity index is 2.13. The third kappa shape index (κ3) is 3.65. The molecule has 0 spiro atoms. The lowest BCUT2D eigenvalue weighted by Crippen LogP contribution is -2.34. The number of hydrazine groups is 1. The summed E-state index contributed by atoms with van der Waals surface area (Å²) in [6.07, 6.45) is 5.00. The molecular weight excluding hydrogens is 242 g/mol. The zero-order chi connectivity index (χ0) is 13.8. The fraction of sp³-hybridized carbons (Fsp3) is 0.643. The number of hydrogen-bond donors (Lipinski definition) is 2. The van der Waals surface area contributed by atoms with Crippen molar-refractivity contribution in [3.63, 3.8) is 0 Å². The predicted octanol–water partition coefficient (Wildman–Crippen LogP) is 1.80. The predicted molar refractivity (Wildman–Crippen MR) is 73.6 cm³/mol. The molecule has 0 amide bonds. The summed E-state index contributed by atoms with van der Waals surface area (Å²) in [6.45, 7) is 6.81. The first-order valence-electron chi connectivity index (χ1n) is 6.79. The third-order valence-electron chi connectivity index (χ3n) is 3.35. The van der Waals surface area contributed by atoms with Crippen molar-refractivity contribution in [1.82, 2.24) is 10.4 Å². The van der Waals surface area contributed by atoms with E-state index in [0.717, 1.165) is 24.3 Å². The zero-order valence-corrected chi connectivity index (χ0v) is 11.8. The number of nitrogens with two attached hydrogens (primary N) is 1. The summed E-state index contributed by atoms with van der Waals surface area (Å²) < 4.78 is 11.3. The molecule has 1 saturated heterocycles. The second kappa shape index (κ2) is 6.32. The highest BCUT2D eigenvalue weighted by molar-refractivity contribution is 5.26. The van der Waals surface area contributed by atoms with Gasteiger partial charge in [0.1, 0.15) is 5.75 Å². The summed E-state index contributed by atoms with van der Waals surface area (Å²) >= 11 is 0. The summed E-state index contributed by atoms with van der Waals surface area (Å²) in [6, 6.07) is 2.05. The first-order valence-corrected chi connectivity index (χ1v) is 6.79. The maximum atomic E-state index is 5.71. The maximum absolute atomic E-state index is 5.71. The molecule has 0 aliphatic carbocycles. The van der Waals surface area contributed by atoms with Gasteiger partial charge in [0.05, 0.1) is 31.1 Å². The molecule has 2 rings (SSSR count). The van der Waals surface area contributed by atoms with Gasteiger partial charge in [-0.1, -0.05) is 0 Å². The van der Waals surface area contributed by atoms with Crippen LogP contribution in [0.25, 0.3) is 0 Å². The van der Waals surface area contributed by atoms with Gasteiger partial charge >= 0.3 is 0 Å². The van der Waals surface area contributed by atoms with Crippen molar-refractivity contribution < 1.29 is 9.47 Å². The van der Waals surface area contributed by atoms with Gasteiger partial charge in [0.15, 0.2) is 0 Å². The molecule has 5 heteroatoms. The van der Waals surface area contributed by atoms with Gasteiger partial charge in [0, 0.05) is 12.1 Å². The van der Waals surface area contributed by atoms with Gasteiger partial charge in [-0.25, -0.2) is 0 Å². The van der Waals surface area contributed by atoms with Crippen molar-refractivity contribution in [1.29, 1.82) is 0 Å². The van der Waals surface area contributed by atoms with Gasteiger partial charge < -0.3 is 9.47 Å². The number of aromatic nitrogens is 1. The fourth-order valence-electron chi connectivity index (χ4n) is 2.53. The quantitative estimate of drug-likeness (QED) is 0.627. The average Bonchev–Trinajstić information content (AvgIpc) is 2.76. The minimum atomic E-state index is 0.0492. The monoisotopic (exact) mass is 265 g/mol. The molecule has 2 heterocycles. The highest BCUT2D eigenvalue weighted by Crippen LogP contribution is 2.32. The van der Waals surface area contributed by atoms with Crippen LogP contribution in [0.3, 0.4) is 0 Å². The first kappa shape index (κ1) is 14.2. The Bertz CT molecular complexity index is 411. The van der Waals surface area contributed by atoms with E-state index in [-0.39, 0.29) is 12.1 Å².